The van der Waals surface area contributed by atoms with Crippen molar-refractivity contribution >= 4 is 25.5 Å². The fourth-order valence-corrected chi connectivity index (χ4v) is 2.34. The fourth-order valence-electron chi connectivity index (χ4n) is 1.24. The molecule has 10 heteroatoms. The van der Waals surface area contributed by atoms with Gasteiger partial charge in [-0.2, -0.15) is 0 Å². The molecule has 17 heavy (non-hydrogen) atoms. The van der Waals surface area contributed by atoms with Crippen LogP contribution in [-0.4, -0.2) is 48.7 Å². The molecule has 0 aliphatic rings. The number of carbonyl (C=O) groups is 3. The Morgan fingerprint density at radius 2 is 1.41 bits per heavy atom. The molecule has 0 aromatic carbocycles. The predicted octanol–water partition coefficient (Wildman–Crippen LogP) is -0.817. The monoisotopic (exact) mass is 270 g/mol. The van der Waals surface area contributed by atoms with E-state index in [9.17, 15) is 18.9 Å². The van der Waals surface area contributed by atoms with Crippen LogP contribution >= 0.6 is 7.60 Å². The molecule has 0 saturated carbocycles. The lowest BCUT2D eigenvalue weighted by Gasteiger charge is -2.21. The largest absolute Gasteiger partial charge is 0.481 e. The van der Waals surface area contributed by atoms with Gasteiger partial charge in [-0.1, -0.05) is 0 Å². The highest BCUT2D eigenvalue weighted by atomic mass is 31.2. The van der Waals surface area contributed by atoms with Gasteiger partial charge in [0.25, 0.3) is 0 Å². The molecule has 5 N–H and O–H groups in total. The number of hydrogen-bond donors (Lipinski definition) is 5. The lowest BCUT2D eigenvalue weighted by atomic mass is 10.0. The normalized spacial score (nSPS) is 13.4. The molecule has 0 bridgehead atoms. The number of aliphatic carboxylic acids is 3. The van der Waals surface area contributed by atoms with Crippen LogP contribution in [0.2, 0.25) is 0 Å². The van der Waals surface area contributed by atoms with E-state index in [0.717, 1.165) is 0 Å². The van der Waals surface area contributed by atoms with Crippen molar-refractivity contribution < 1.29 is 44.1 Å². The van der Waals surface area contributed by atoms with E-state index in [4.69, 9.17) is 25.1 Å². The summed E-state index contributed by atoms with van der Waals surface area (Å²) in [5, 5.41) is 25.5. The Morgan fingerprint density at radius 3 is 1.65 bits per heavy atom. The second-order valence-electron chi connectivity index (χ2n) is 3.24. The molecule has 0 spiro atoms. The molecule has 0 radical (unpaired) electrons. The van der Waals surface area contributed by atoms with E-state index in [1.165, 1.54) is 0 Å². The van der Waals surface area contributed by atoms with Crippen molar-refractivity contribution in [3.05, 3.63) is 0 Å². The van der Waals surface area contributed by atoms with Crippen molar-refractivity contribution in [2.75, 3.05) is 0 Å². The summed E-state index contributed by atoms with van der Waals surface area (Å²) < 4.78 is 11.0. The smallest absolute Gasteiger partial charge is 0.330 e. The van der Waals surface area contributed by atoms with Gasteiger partial charge >= 0.3 is 25.5 Å². The second-order valence-corrected chi connectivity index (χ2v) is 5.08. The Kier molecular flexibility index (Phi) is 5.27. The van der Waals surface area contributed by atoms with Gasteiger partial charge in [0.15, 0.2) is 5.92 Å². The third-order valence-electron chi connectivity index (χ3n) is 2.00. The molecule has 1 atom stereocenters. The molecule has 0 saturated heterocycles. The average molecular weight is 270 g/mol. The Morgan fingerprint density at radius 1 is 1.00 bits per heavy atom. The lowest BCUT2D eigenvalue weighted by Crippen LogP contribution is -2.35. The lowest BCUT2D eigenvalue weighted by molar-refractivity contribution is -0.155. The molecule has 98 valence electrons. The Balaban J connectivity index is 5.15. The average Bonchev–Trinajstić information content (AvgIpc) is 2.07. The quantitative estimate of drug-likeness (QED) is 0.293. The van der Waals surface area contributed by atoms with Crippen LogP contribution < -0.4 is 0 Å². The number of carboxylic acid groups (broad SMARTS) is 3. The minimum Gasteiger partial charge on any atom is -0.481 e. The maximum atomic E-state index is 11.0. The fraction of sp³-hybridized carbons (Fsp3) is 0.571. The van der Waals surface area contributed by atoms with E-state index in [2.05, 4.69) is 0 Å². The van der Waals surface area contributed by atoms with Crippen molar-refractivity contribution in [2.45, 2.75) is 18.5 Å². The van der Waals surface area contributed by atoms with Crippen LogP contribution in [0.15, 0.2) is 0 Å². The number of rotatable bonds is 7. The SMILES string of the molecule is O=C(O)CCC(C(C(=O)O)C(=O)O)P(=O)(O)O. The first-order valence-electron chi connectivity index (χ1n) is 4.30. The van der Waals surface area contributed by atoms with Gasteiger partial charge < -0.3 is 25.1 Å². The third kappa shape index (κ3) is 4.94. The molecular formula is C7H11O9P. The van der Waals surface area contributed by atoms with Gasteiger partial charge in [0.05, 0.1) is 5.66 Å². The number of hydrogen-bond acceptors (Lipinski definition) is 4. The maximum Gasteiger partial charge on any atom is 0.330 e. The van der Waals surface area contributed by atoms with E-state index in [1.807, 2.05) is 0 Å². The van der Waals surface area contributed by atoms with Gasteiger partial charge in [-0.15, -0.1) is 0 Å². The van der Waals surface area contributed by atoms with E-state index < -0.39 is 49.9 Å². The van der Waals surface area contributed by atoms with Crippen LogP contribution in [0.3, 0.4) is 0 Å². The summed E-state index contributed by atoms with van der Waals surface area (Å²) in [6.45, 7) is 0. The molecule has 0 aromatic heterocycles. The zero-order valence-corrected chi connectivity index (χ0v) is 9.28. The van der Waals surface area contributed by atoms with Crippen LogP contribution in [0, 0.1) is 5.92 Å². The summed E-state index contributed by atoms with van der Waals surface area (Å²) in [7, 11) is -5.02. The molecule has 1 unspecified atom stereocenters. The van der Waals surface area contributed by atoms with Gasteiger partial charge in [0.1, 0.15) is 0 Å². The van der Waals surface area contributed by atoms with Crippen LogP contribution in [0.25, 0.3) is 0 Å². The van der Waals surface area contributed by atoms with Gasteiger partial charge in [-0.25, -0.2) is 0 Å². The topological polar surface area (TPSA) is 169 Å². The molecule has 0 fully saturated rings. The highest BCUT2D eigenvalue weighted by Crippen LogP contribution is 2.47. The first kappa shape index (κ1) is 15.6. The standard InChI is InChI=1S/C7H11O9P/c8-4(9)2-1-3(17(14,15)16)5(6(10)11)7(12)13/h3,5H,1-2H2,(H,8,9)(H,10,11)(H,12,13)(H2,14,15,16). The van der Waals surface area contributed by atoms with Crippen LogP contribution in [-0.2, 0) is 18.9 Å². The van der Waals surface area contributed by atoms with Crippen LogP contribution in [0.1, 0.15) is 12.8 Å². The van der Waals surface area contributed by atoms with Gasteiger partial charge in [-0.05, 0) is 6.42 Å². The van der Waals surface area contributed by atoms with Gasteiger partial charge in [0, 0.05) is 6.42 Å². The zero-order valence-electron chi connectivity index (χ0n) is 8.39. The summed E-state index contributed by atoms with van der Waals surface area (Å²) in [5.41, 5.74) is -2.06. The van der Waals surface area contributed by atoms with Crippen molar-refractivity contribution in [3.8, 4) is 0 Å². The van der Waals surface area contributed by atoms with Crippen molar-refractivity contribution in [1.29, 1.82) is 0 Å². The van der Waals surface area contributed by atoms with Gasteiger partial charge in [0.2, 0.25) is 0 Å². The summed E-state index contributed by atoms with van der Waals surface area (Å²) in [5.74, 6) is -7.58. The maximum absolute atomic E-state index is 11.0. The molecule has 9 nitrogen and oxygen atoms in total. The molecule has 0 aliphatic carbocycles. The van der Waals surface area contributed by atoms with Crippen LogP contribution in [0.4, 0.5) is 0 Å². The second kappa shape index (κ2) is 5.76. The minimum atomic E-state index is -5.02. The summed E-state index contributed by atoms with van der Waals surface area (Å²) in [6, 6.07) is 0. The highest BCUT2D eigenvalue weighted by Gasteiger charge is 2.44. The van der Waals surface area contributed by atoms with Crippen LogP contribution in [0.5, 0.6) is 0 Å². The Bertz CT molecular complexity index is 356. The summed E-state index contributed by atoms with van der Waals surface area (Å²) in [6.07, 6.45) is -1.46. The van der Waals surface area contributed by atoms with E-state index in [-0.39, 0.29) is 0 Å². The van der Waals surface area contributed by atoms with Crippen molar-refractivity contribution in [2.24, 2.45) is 5.92 Å². The Hall–Kier alpha value is -1.44. The molecule has 0 heterocycles. The molecule has 0 rings (SSSR count). The Labute approximate surface area is 94.8 Å². The predicted molar refractivity (Wildman–Crippen MR) is 51.5 cm³/mol. The summed E-state index contributed by atoms with van der Waals surface area (Å²) in [4.78, 5) is 49.1. The highest BCUT2D eigenvalue weighted by molar-refractivity contribution is 7.52. The molecule has 0 aliphatic heterocycles. The van der Waals surface area contributed by atoms with E-state index >= 15 is 0 Å². The first-order valence-corrected chi connectivity index (χ1v) is 5.98. The van der Waals surface area contributed by atoms with Gasteiger partial charge in [-0.3, -0.25) is 18.9 Å². The first-order chi connectivity index (χ1) is 7.57. The van der Waals surface area contributed by atoms with Crippen molar-refractivity contribution in [1.82, 2.24) is 0 Å². The zero-order chi connectivity index (χ0) is 13.8. The number of carboxylic acids is 3. The minimum absolute atomic E-state index is 0.729. The van der Waals surface area contributed by atoms with E-state index in [1.54, 1.807) is 0 Å². The van der Waals surface area contributed by atoms with E-state index in [0.29, 0.717) is 0 Å². The summed E-state index contributed by atoms with van der Waals surface area (Å²) >= 11 is 0. The third-order valence-corrected chi connectivity index (χ3v) is 3.42. The molecular weight excluding hydrogens is 259 g/mol. The molecule has 0 amide bonds. The molecule has 0 aromatic rings. The van der Waals surface area contributed by atoms with Crippen molar-refractivity contribution in [3.63, 3.8) is 0 Å².